The number of methoxy groups -OCH3 is 2. The maximum atomic E-state index is 14.0. The Morgan fingerprint density at radius 3 is 2.51 bits per heavy atom. The normalized spacial score (nSPS) is 17.6. The van der Waals surface area contributed by atoms with Crippen LogP contribution in [0.1, 0.15) is 43.9 Å². The van der Waals surface area contributed by atoms with Crippen LogP contribution >= 0.6 is 0 Å². The Kier molecular flexibility index (Phi) is 7.92. The van der Waals surface area contributed by atoms with Crippen molar-refractivity contribution in [3.05, 3.63) is 89.1 Å². The number of amides is 1. The minimum atomic E-state index is -0.586. The van der Waals surface area contributed by atoms with Gasteiger partial charge in [0.25, 0.3) is 0 Å². The summed E-state index contributed by atoms with van der Waals surface area (Å²) in [7, 11) is 3.18. The van der Waals surface area contributed by atoms with E-state index in [-0.39, 0.29) is 29.4 Å². The highest BCUT2D eigenvalue weighted by atomic mass is 16.5. The first kappa shape index (κ1) is 28.1. The van der Waals surface area contributed by atoms with Crippen LogP contribution in [0.2, 0.25) is 0 Å². The van der Waals surface area contributed by atoms with Gasteiger partial charge in [-0.1, -0.05) is 50.2 Å². The van der Waals surface area contributed by atoms with E-state index in [4.69, 9.17) is 9.47 Å². The first-order chi connectivity index (χ1) is 19.7. The number of phenols is 1. The molecular formula is C33H37N3O5. The minimum Gasteiger partial charge on any atom is -0.508 e. The van der Waals surface area contributed by atoms with Crippen LogP contribution < -0.4 is 25.0 Å². The SMILES string of the molecule is COc1cccc(C2C3=C(CC(C)(C)CC3=O)Nc3ccccc3N2CC(=O)NCCc2ccc(O)cc2)c1OC. The third-order valence-electron chi connectivity index (χ3n) is 7.72. The zero-order chi connectivity index (χ0) is 29.1. The third kappa shape index (κ3) is 5.87. The molecule has 0 radical (unpaired) electrons. The van der Waals surface area contributed by atoms with E-state index in [1.165, 1.54) is 0 Å². The van der Waals surface area contributed by atoms with Gasteiger partial charge < -0.3 is 30.1 Å². The summed E-state index contributed by atoms with van der Waals surface area (Å²) in [5.41, 5.74) is 4.72. The van der Waals surface area contributed by atoms with Crippen LogP contribution in [0.25, 0.3) is 0 Å². The van der Waals surface area contributed by atoms with Gasteiger partial charge in [0.1, 0.15) is 5.75 Å². The number of carbonyl (C=O) groups excluding carboxylic acids is 2. The molecule has 0 spiro atoms. The fourth-order valence-corrected chi connectivity index (χ4v) is 5.90. The monoisotopic (exact) mass is 555 g/mol. The van der Waals surface area contributed by atoms with Gasteiger partial charge in [0.05, 0.1) is 38.2 Å². The number of phenolic OH excluding ortho intramolecular Hbond substituents is 1. The van der Waals surface area contributed by atoms with Crippen molar-refractivity contribution in [1.29, 1.82) is 0 Å². The Morgan fingerprint density at radius 1 is 1.02 bits per heavy atom. The number of hydrogen-bond acceptors (Lipinski definition) is 7. The molecule has 0 saturated carbocycles. The highest BCUT2D eigenvalue weighted by Crippen LogP contribution is 2.50. The average Bonchev–Trinajstić information content (AvgIpc) is 3.07. The van der Waals surface area contributed by atoms with Crippen molar-refractivity contribution in [3.63, 3.8) is 0 Å². The van der Waals surface area contributed by atoms with E-state index in [9.17, 15) is 14.7 Å². The molecule has 0 saturated heterocycles. The number of carbonyl (C=O) groups is 2. The lowest BCUT2D eigenvalue weighted by molar-refractivity contribution is -0.120. The molecule has 1 unspecified atom stereocenters. The number of fused-ring (bicyclic) bond motifs is 1. The molecule has 1 atom stereocenters. The van der Waals surface area contributed by atoms with Crippen molar-refractivity contribution in [2.45, 2.75) is 39.2 Å². The van der Waals surface area contributed by atoms with Crippen LogP contribution in [0.3, 0.4) is 0 Å². The topological polar surface area (TPSA) is 100 Å². The van der Waals surface area contributed by atoms with E-state index in [0.717, 1.165) is 28.2 Å². The molecule has 0 fully saturated rings. The van der Waals surface area contributed by atoms with Crippen molar-refractivity contribution in [2.24, 2.45) is 5.41 Å². The summed E-state index contributed by atoms with van der Waals surface area (Å²) < 4.78 is 11.5. The number of ketones is 1. The van der Waals surface area contributed by atoms with Gasteiger partial charge in [-0.15, -0.1) is 0 Å². The number of para-hydroxylation sites is 3. The van der Waals surface area contributed by atoms with Gasteiger partial charge in [-0.2, -0.15) is 0 Å². The van der Waals surface area contributed by atoms with Crippen molar-refractivity contribution >= 4 is 23.1 Å². The summed E-state index contributed by atoms with van der Waals surface area (Å²) in [5, 5.41) is 16.2. The van der Waals surface area contributed by atoms with Gasteiger partial charge in [0.15, 0.2) is 17.3 Å². The summed E-state index contributed by atoms with van der Waals surface area (Å²) >= 11 is 0. The minimum absolute atomic E-state index is 0.0206. The number of nitrogens with zero attached hydrogens (tertiary/aromatic N) is 1. The third-order valence-corrected chi connectivity index (χ3v) is 7.72. The molecule has 3 aromatic carbocycles. The second-order valence-corrected chi connectivity index (χ2v) is 11.4. The molecule has 3 aromatic rings. The molecule has 3 N–H and O–H groups in total. The quantitative estimate of drug-likeness (QED) is 0.343. The molecule has 1 aliphatic heterocycles. The van der Waals surface area contributed by atoms with Crippen molar-refractivity contribution in [3.8, 4) is 17.2 Å². The van der Waals surface area contributed by atoms with E-state index in [1.54, 1.807) is 26.4 Å². The maximum Gasteiger partial charge on any atom is 0.239 e. The number of rotatable bonds is 8. The smallest absolute Gasteiger partial charge is 0.239 e. The first-order valence-electron chi connectivity index (χ1n) is 13.8. The van der Waals surface area contributed by atoms with Crippen LogP contribution in [-0.4, -0.2) is 44.1 Å². The molecule has 2 aliphatic rings. The van der Waals surface area contributed by atoms with Gasteiger partial charge in [0.2, 0.25) is 5.91 Å². The number of allylic oxidation sites excluding steroid dienone is 1. The standard InChI is InChI=1S/C33H37N3O5/c1-33(2)18-25-30(27(38)19-33)31(23-8-7-11-28(40-3)32(23)41-4)36(26-10-6-5-9-24(26)35-25)20-29(39)34-17-16-21-12-14-22(37)15-13-21/h5-15,31,35,37H,16-20H2,1-4H3,(H,34,39). The Balaban J connectivity index is 1.57. The molecule has 1 heterocycles. The van der Waals surface area contributed by atoms with Crippen molar-refractivity contribution < 1.29 is 24.2 Å². The molecule has 5 rings (SSSR count). The molecule has 8 heteroatoms. The van der Waals surface area contributed by atoms with Gasteiger partial charge in [-0.05, 0) is 54.2 Å². The first-order valence-corrected chi connectivity index (χ1v) is 13.8. The summed E-state index contributed by atoms with van der Waals surface area (Å²) in [4.78, 5) is 29.5. The lowest BCUT2D eigenvalue weighted by Crippen LogP contribution is -2.42. The Bertz CT molecular complexity index is 1480. The zero-order valence-corrected chi connectivity index (χ0v) is 24.0. The predicted octanol–water partition coefficient (Wildman–Crippen LogP) is 5.38. The van der Waals surface area contributed by atoms with Gasteiger partial charge in [0, 0.05) is 29.8 Å². The highest BCUT2D eigenvalue weighted by Gasteiger charge is 2.43. The van der Waals surface area contributed by atoms with Crippen LogP contribution in [0.15, 0.2) is 78.0 Å². The van der Waals surface area contributed by atoms with Gasteiger partial charge in [-0.3, -0.25) is 9.59 Å². The van der Waals surface area contributed by atoms with Gasteiger partial charge in [-0.25, -0.2) is 0 Å². The average molecular weight is 556 g/mol. The molecule has 0 aromatic heterocycles. The number of nitrogens with one attached hydrogen (secondary N) is 2. The molecule has 0 bridgehead atoms. The second kappa shape index (κ2) is 11.6. The van der Waals surface area contributed by atoms with Crippen LogP contribution in [0, 0.1) is 5.41 Å². The van der Waals surface area contributed by atoms with Crippen molar-refractivity contribution in [2.75, 3.05) is 37.5 Å². The largest absolute Gasteiger partial charge is 0.508 e. The Hall–Kier alpha value is -4.46. The highest BCUT2D eigenvalue weighted by molar-refractivity contribution is 6.02. The van der Waals surface area contributed by atoms with E-state index in [1.807, 2.05) is 59.5 Å². The van der Waals surface area contributed by atoms with E-state index < -0.39 is 6.04 Å². The second-order valence-electron chi connectivity index (χ2n) is 11.4. The predicted molar refractivity (Wildman–Crippen MR) is 160 cm³/mol. The molecular weight excluding hydrogens is 518 g/mol. The number of hydrogen-bond donors (Lipinski definition) is 3. The number of ether oxygens (including phenoxy) is 2. The van der Waals surface area contributed by atoms with Crippen molar-refractivity contribution in [1.82, 2.24) is 5.32 Å². The fraction of sp³-hybridized carbons (Fsp3) is 0.333. The maximum absolute atomic E-state index is 14.0. The number of benzene rings is 3. The summed E-state index contributed by atoms with van der Waals surface area (Å²) in [6.07, 6.45) is 1.72. The Morgan fingerprint density at radius 2 is 1.78 bits per heavy atom. The van der Waals surface area contributed by atoms with Crippen LogP contribution in [-0.2, 0) is 16.0 Å². The van der Waals surface area contributed by atoms with E-state index in [0.29, 0.717) is 42.9 Å². The summed E-state index contributed by atoms with van der Waals surface area (Å²) in [5.74, 6) is 1.17. The summed E-state index contributed by atoms with van der Waals surface area (Å²) in [6.45, 7) is 4.67. The van der Waals surface area contributed by atoms with Crippen LogP contribution in [0.5, 0.6) is 17.2 Å². The van der Waals surface area contributed by atoms with E-state index >= 15 is 0 Å². The molecule has 214 valence electrons. The van der Waals surface area contributed by atoms with Gasteiger partial charge >= 0.3 is 0 Å². The molecule has 41 heavy (non-hydrogen) atoms. The molecule has 1 amide bonds. The number of Topliss-reactive ketones (excluding diaryl/α,β-unsaturated/α-hetero) is 1. The summed E-state index contributed by atoms with van der Waals surface area (Å²) in [6, 6.07) is 19.9. The lowest BCUT2D eigenvalue weighted by Gasteiger charge is -2.38. The molecule has 1 aliphatic carbocycles. The number of anilines is 2. The Labute approximate surface area is 241 Å². The zero-order valence-electron chi connectivity index (χ0n) is 24.0. The lowest BCUT2D eigenvalue weighted by atomic mass is 9.73. The van der Waals surface area contributed by atoms with E-state index in [2.05, 4.69) is 24.5 Å². The fourth-order valence-electron chi connectivity index (χ4n) is 5.90. The number of aromatic hydroxyl groups is 1. The molecule has 8 nitrogen and oxygen atoms in total. The van der Waals surface area contributed by atoms with Crippen LogP contribution in [0.4, 0.5) is 11.4 Å².